The first-order valence-corrected chi connectivity index (χ1v) is 12.3. The van der Waals surface area contributed by atoms with Gasteiger partial charge in [0, 0.05) is 41.8 Å². The van der Waals surface area contributed by atoms with Crippen LogP contribution in [-0.4, -0.2) is 45.0 Å². The summed E-state index contributed by atoms with van der Waals surface area (Å²) >= 11 is 6.20. The van der Waals surface area contributed by atoms with Gasteiger partial charge in [-0.3, -0.25) is 4.90 Å². The molecule has 1 aliphatic heterocycles. The monoisotopic (exact) mass is 498 g/mol. The van der Waals surface area contributed by atoms with Gasteiger partial charge in [-0.15, -0.1) is 12.4 Å². The van der Waals surface area contributed by atoms with Crippen molar-refractivity contribution >= 4 is 45.7 Å². The van der Waals surface area contributed by atoms with Crippen LogP contribution in [0.1, 0.15) is 31.2 Å². The Morgan fingerprint density at radius 2 is 1.72 bits per heavy atom. The molecule has 4 N–H and O–H groups in total. The summed E-state index contributed by atoms with van der Waals surface area (Å²) in [5.41, 5.74) is 7.94. The smallest absolute Gasteiger partial charge is 0.324 e. The minimum atomic E-state index is -3.76. The van der Waals surface area contributed by atoms with Crippen LogP contribution in [0.25, 0.3) is 0 Å². The molecule has 4 rings (SSSR count). The minimum Gasteiger partial charge on any atom is -0.330 e. The number of hydrogen-bond donors (Lipinski definition) is 2. The average Bonchev–Trinajstić information content (AvgIpc) is 3.14. The summed E-state index contributed by atoms with van der Waals surface area (Å²) in [5.74, 6) is 0. The first-order chi connectivity index (χ1) is 14.7. The number of carbonyl (C=O) groups excluding carboxylic acids is 1. The normalized spacial score (nSPS) is 23.8. The Labute approximate surface area is 200 Å². The fourth-order valence-electron chi connectivity index (χ4n) is 4.84. The summed E-state index contributed by atoms with van der Waals surface area (Å²) in [6.45, 7) is 1.77. The first kappa shape index (κ1) is 24.8. The van der Waals surface area contributed by atoms with E-state index in [0.29, 0.717) is 30.3 Å². The van der Waals surface area contributed by atoms with Gasteiger partial charge in [0.2, 0.25) is 10.0 Å². The number of sulfonamides is 1. The largest absolute Gasteiger partial charge is 0.330 e. The zero-order chi connectivity index (χ0) is 22.2. The third kappa shape index (κ3) is 4.75. The van der Waals surface area contributed by atoms with Gasteiger partial charge < -0.3 is 10.6 Å². The molecule has 0 atom stereocenters. The Balaban J connectivity index is 0.00000289. The SMILES string of the molecule is Cl.NC[C@]1(c2cccc(Cl)c2)CC[C@@H](N2CCN(c3ccc(S(N)(=O)=O)cc3)C2=O)CC1. The van der Waals surface area contributed by atoms with Gasteiger partial charge in [-0.1, -0.05) is 23.7 Å². The number of urea groups is 1. The number of primary sulfonamides is 1. The molecule has 0 bridgehead atoms. The van der Waals surface area contributed by atoms with Gasteiger partial charge in [-0.2, -0.15) is 0 Å². The predicted molar refractivity (Wildman–Crippen MR) is 129 cm³/mol. The van der Waals surface area contributed by atoms with Crippen LogP contribution in [0.3, 0.4) is 0 Å². The Kier molecular flexibility index (Phi) is 7.41. The molecule has 32 heavy (non-hydrogen) atoms. The Morgan fingerprint density at radius 1 is 1.06 bits per heavy atom. The lowest BCUT2D eigenvalue weighted by atomic mass is 9.68. The molecule has 174 valence electrons. The van der Waals surface area contributed by atoms with E-state index in [-0.39, 0.29) is 34.8 Å². The number of carbonyl (C=O) groups is 1. The molecule has 10 heteroatoms. The summed E-state index contributed by atoms with van der Waals surface area (Å²) in [6.07, 6.45) is 3.57. The molecule has 0 aromatic heterocycles. The fourth-order valence-corrected chi connectivity index (χ4v) is 5.55. The molecule has 7 nitrogen and oxygen atoms in total. The molecule has 2 aromatic rings. The van der Waals surface area contributed by atoms with E-state index < -0.39 is 10.0 Å². The van der Waals surface area contributed by atoms with E-state index in [1.165, 1.54) is 17.7 Å². The highest BCUT2D eigenvalue weighted by Crippen LogP contribution is 2.41. The molecular weight excluding hydrogens is 471 g/mol. The van der Waals surface area contributed by atoms with Gasteiger partial charge in [0.15, 0.2) is 0 Å². The summed E-state index contributed by atoms with van der Waals surface area (Å²) in [7, 11) is -3.76. The van der Waals surface area contributed by atoms with E-state index in [2.05, 4.69) is 6.07 Å². The molecule has 0 unspecified atom stereocenters. The highest BCUT2D eigenvalue weighted by atomic mass is 35.5. The Bertz CT molecular complexity index is 1070. The number of anilines is 1. The molecule has 1 saturated heterocycles. The van der Waals surface area contributed by atoms with Gasteiger partial charge in [-0.25, -0.2) is 18.4 Å². The average molecular weight is 499 g/mol. The molecule has 2 amide bonds. The summed E-state index contributed by atoms with van der Waals surface area (Å²) in [6, 6.07) is 14.2. The third-order valence-corrected chi connectivity index (χ3v) is 7.86. The Hall–Kier alpha value is -1.84. The number of hydrogen-bond acceptors (Lipinski definition) is 4. The van der Waals surface area contributed by atoms with E-state index >= 15 is 0 Å². The second kappa shape index (κ2) is 9.57. The van der Waals surface area contributed by atoms with Crippen LogP contribution in [0.5, 0.6) is 0 Å². The van der Waals surface area contributed by atoms with Crippen molar-refractivity contribution in [3.63, 3.8) is 0 Å². The number of nitrogens with two attached hydrogens (primary N) is 2. The van der Waals surface area contributed by atoms with Crippen LogP contribution >= 0.6 is 24.0 Å². The molecule has 2 aliphatic rings. The highest BCUT2D eigenvalue weighted by Gasteiger charge is 2.41. The highest BCUT2D eigenvalue weighted by molar-refractivity contribution is 7.89. The van der Waals surface area contributed by atoms with Crippen molar-refractivity contribution in [3.05, 3.63) is 59.1 Å². The molecular formula is C22H28Cl2N4O3S. The first-order valence-electron chi connectivity index (χ1n) is 10.4. The molecule has 2 aromatic carbocycles. The van der Waals surface area contributed by atoms with Crippen molar-refractivity contribution in [1.29, 1.82) is 0 Å². The maximum absolute atomic E-state index is 13.1. The van der Waals surface area contributed by atoms with Crippen LogP contribution in [-0.2, 0) is 15.4 Å². The van der Waals surface area contributed by atoms with E-state index in [9.17, 15) is 13.2 Å². The zero-order valence-electron chi connectivity index (χ0n) is 17.6. The maximum Gasteiger partial charge on any atom is 0.324 e. The van der Waals surface area contributed by atoms with Crippen LogP contribution in [0.2, 0.25) is 5.02 Å². The lowest BCUT2D eigenvalue weighted by Gasteiger charge is -2.42. The second-order valence-electron chi connectivity index (χ2n) is 8.39. The molecule has 0 spiro atoms. The molecule has 1 aliphatic carbocycles. The van der Waals surface area contributed by atoms with Crippen LogP contribution in [0.4, 0.5) is 10.5 Å². The molecule has 0 radical (unpaired) electrons. The number of nitrogens with zero attached hydrogens (tertiary/aromatic N) is 2. The standard InChI is InChI=1S/C22H27ClN4O3S.ClH/c23-17-3-1-2-16(14-17)22(15-24)10-8-19(9-11-22)27-13-12-26(21(27)28)18-4-6-20(7-5-18)31(25,29)30;/h1-7,14,19H,8-13,15,24H2,(H2,25,29,30);1H/t19-,22+;. The van der Waals surface area contributed by atoms with Gasteiger partial charge >= 0.3 is 6.03 Å². The van der Waals surface area contributed by atoms with Gasteiger partial charge in [-0.05, 0) is 67.6 Å². The van der Waals surface area contributed by atoms with Gasteiger partial charge in [0.05, 0.1) is 4.90 Å². The van der Waals surface area contributed by atoms with Crippen molar-refractivity contribution in [2.45, 2.75) is 42.0 Å². The lowest BCUT2D eigenvalue weighted by molar-refractivity contribution is 0.156. The van der Waals surface area contributed by atoms with Crippen molar-refractivity contribution < 1.29 is 13.2 Å². The number of halogens is 2. The molecule has 1 heterocycles. The second-order valence-corrected chi connectivity index (χ2v) is 10.4. The summed E-state index contributed by atoms with van der Waals surface area (Å²) in [5, 5.41) is 5.87. The quantitative estimate of drug-likeness (QED) is 0.656. The number of rotatable bonds is 5. The maximum atomic E-state index is 13.1. The van der Waals surface area contributed by atoms with Crippen LogP contribution < -0.4 is 15.8 Å². The Morgan fingerprint density at radius 3 is 2.28 bits per heavy atom. The van der Waals surface area contributed by atoms with E-state index in [1.807, 2.05) is 23.1 Å². The topological polar surface area (TPSA) is 110 Å². The van der Waals surface area contributed by atoms with E-state index in [4.69, 9.17) is 22.5 Å². The van der Waals surface area contributed by atoms with Gasteiger partial charge in [0.1, 0.15) is 0 Å². The number of benzene rings is 2. The number of amides is 2. The van der Waals surface area contributed by atoms with Crippen LogP contribution in [0.15, 0.2) is 53.4 Å². The van der Waals surface area contributed by atoms with Crippen LogP contribution in [0, 0.1) is 0 Å². The van der Waals surface area contributed by atoms with E-state index in [0.717, 1.165) is 25.7 Å². The molecule has 2 fully saturated rings. The lowest BCUT2D eigenvalue weighted by Crippen LogP contribution is -2.46. The minimum absolute atomic E-state index is 0. The fraction of sp³-hybridized carbons (Fsp3) is 0.409. The summed E-state index contributed by atoms with van der Waals surface area (Å²) < 4.78 is 22.9. The molecule has 1 saturated carbocycles. The van der Waals surface area contributed by atoms with Crippen molar-refractivity contribution in [1.82, 2.24) is 4.90 Å². The van der Waals surface area contributed by atoms with E-state index in [1.54, 1.807) is 17.0 Å². The third-order valence-electron chi connectivity index (χ3n) is 6.70. The van der Waals surface area contributed by atoms with Crippen molar-refractivity contribution in [2.75, 3.05) is 24.5 Å². The zero-order valence-corrected chi connectivity index (χ0v) is 20.0. The van der Waals surface area contributed by atoms with Gasteiger partial charge in [0.25, 0.3) is 0 Å². The predicted octanol–water partition coefficient (Wildman–Crippen LogP) is 3.49. The van der Waals surface area contributed by atoms with Crippen molar-refractivity contribution in [3.8, 4) is 0 Å². The summed E-state index contributed by atoms with van der Waals surface area (Å²) in [4.78, 5) is 16.8. The van der Waals surface area contributed by atoms with Crippen molar-refractivity contribution in [2.24, 2.45) is 10.9 Å².